The van der Waals surface area contributed by atoms with Crippen molar-refractivity contribution in [2.45, 2.75) is 13.0 Å². The van der Waals surface area contributed by atoms with Crippen LogP contribution in [0.3, 0.4) is 0 Å². The first kappa shape index (κ1) is 15.0. The number of anilines is 1. The maximum Gasteiger partial charge on any atom is 0.163 e. The van der Waals surface area contributed by atoms with Crippen molar-refractivity contribution in [1.29, 1.82) is 15.8 Å². The van der Waals surface area contributed by atoms with Gasteiger partial charge in [0.05, 0.1) is 18.9 Å². The molecule has 0 radical (unpaired) electrons. The molecule has 0 saturated heterocycles. The number of nitriles is 3. The van der Waals surface area contributed by atoms with Crippen LogP contribution in [0.1, 0.15) is 18.6 Å². The van der Waals surface area contributed by atoms with Gasteiger partial charge in [0.2, 0.25) is 0 Å². The normalized spacial score (nSPS) is 10.4. The van der Waals surface area contributed by atoms with Gasteiger partial charge in [0.15, 0.2) is 5.57 Å². The molecular weight excluding hydrogens is 256 g/mol. The molecule has 6 nitrogen and oxygen atoms in total. The molecule has 1 unspecified atom stereocenters. The summed E-state index contributed by atoms with van der Waals surface area (Å²) in [5.41, 5.74) is 0.611. The summed E-state index contributed by atoms with van der Waals surface area (Å²) in [5.74, 6) is 0.395. The van der Waals surface area contributed by atoms with E-state index in [4.69, 9.17) is 20.5 Å². The first-order valence-electron chi connectivity index (χ1n) is 5.65. The maximum absolute atomic E-state index is 9.50. The molecule has 100 valence electrons. The third-order valence-electron chi connectivity index (χ3n) is 2.55. The van der Waals surface area contributed by atoms with Gasteiger partial charge in [0, 0.05) is 0 Å². The minimum absolute atomic E-state index is 0.155. The molecule has 0 aliphatic carbocycles. The average molecular weight is 268 g/mol. The molecule has 0 saturated carbocycles. The Kier molecular flexibility index (Phi) is 5.12. The van der Waals surface area contributed by atoms with E-state index >= 15 is 0 Å². The summed E-state index contributed by atoms with van der Waals surface area (Å²) in [6, 6.07) is 9.91. The lowest BCUT2D eigenvalue weighted by atomic mass is 10.1. The monoisotopic (exact) mass is 268 g/mol. The molecule has 20 heavy (non-hydrogen) atoms. The van der Waals surface area contributed by atoms with Crippen molar-refractivity contribution < 1.29 is 9.84 Å². The largest absolute Gasteiger partial charge is 0.495 e. The number of rotatable bonds is 4. The topological polar surface area (TPSA) is 113 Å². The van der Waals surface area contributed by atoms with E-state index in [1.54, 1.807) is 43.3 Å². The number of ether oxygens (including phenoxy) is 1. The van der Waals surface area contributed by atoms with E-state index in [1.807, 2.05) is 0 Å². The van der Waals surface area contributed by atoms with E-state index in [1.165, 1.54) is 7.11 Å². The molecule has 0 aliphatic rings. The maximum atomic E-state index is 9.50. The van der Waals surface area contributed by atoms with Crippen LogP contribution in [0.5, 0.6) is 5.75 Å². The predicted molar refractivity (Wildman–Crippen MR) is 71.1 cm³/mol. The fourth-order valence-electron chi connectivity index (χ4n) is 1.49. The first-order valence-corrected chi connectivity index (χ1v) is 5.65. The van der Waals surface area contributed by atoms with Crippen molar-refractivity contribution >= 4 is 5.69 Å². The van der Waals surface area contributed by atoms with Crippen molar-refractivity contribution in [2.24, 2.45) is 0 Å². The van der Waals surface area contributed by atoms with Gasteiger partial charge in [0.1, 0.15) is 29.7 Å². The lowest BCUT2D eigenvalue weighted by molar-refractivity contribution is 0.199. The summed E-state index contributed by atoms with van der Waals surface area (Å²) in [6.45, 7) is 1.62. The molecule has 0 heterocycles. The smallest absolute Gasteiger partial charge is 0.163 e. The van der Waals surface area contributed by atoms with Crippen LogP contribution in [-0.4, -0.2) is 12.2 Å². The van der Waals surface area contributed by atoms with Crippen molar-refractivity contribution in [2.75, 3.05) is 12.4 Å². The number of nitrogens with one attached hydrogen (secondary N) is 1. The van der Waals surface area contributed by atoms with E-state index in [2.05, 4.69) is 5.32 Å². The number of allylic oxidation sites excluding steroid dienone is 2. The van der Waals surface area contributed by atoms with Crippen LogP contribution in [0, 0.1) is 34.0 Å². The summed E-state index contributed by atoms with van der Waals surface area (Å²) in [4.78, 5) is 0. The fraction of sp³-hybridized carbons (Fsp3) is 0.214. The van der Waals surface area contributed by atoms with Crippen molar-refractivity contribution in [3.63, 3.8) is 0 Å². The van der Waals surface area contributed by atoms with Crippen LogP contribution < -0.4 is 10.1 Å². The van der Waals surface area contributed by atoms with Crippen LogP contribution in [0.25, 0.3) is 0 Å². The lowest BCUT2D eigenvalue weighted by Crippen LogP contribution is -2.03. The number of nitrogens with zero attached hydrogens (tertiary/aromatic N) is 3. The molecule has 0 bridgehead atoms. The average Bonchev–Trinajstić information content (AvgIpc) is 2.47. The SMILES string of the molecule is COc1cc(C(C)O)ccc1NC(C#N)=C(C#N)C#N. The highest BCUT2D eigenvalue weighted by Gasteiger charge is 2.11. The minimum atomic E-state index is -0.655. The Balaban J connectivity index is 3.23. The molecule has 0 aromatic heterocycles. The van der Waals surface area contributed by atoms with Crippen molar-refractivity contribution in [1.82, 2.24) is 0 Å². The van der Waals surface area contributed by atoms with Crippen LogP contribution in [0.15, 0.2) is 29.5 Å². The molecule has 1 atom stereocenters. The zero-order valence-corrected chi connectivity index (χ0v) is 11.0. The molecule has 1 aromatic carbocycles. The highest BCUT2D eigenvalue weighted by molar-refractivity contribution is 5.65. The van der Waals surface area contributed by atoms with Gasteiger partial charge < -0.3 is 15.2 Å². The van der Waals surface area contributed by atoms with Crippen LogP contribution in [-0.2, 0) is 0 Å². The third-order valence-corrected chi connectivity index (χ3v) is 2.55. The standard InChI is InChI=1S/C14H12N4O2/c1-9(19)10-3-4-12(14(5-10)20-2)18-13(8-17)11(6-15)7-16/h3-5,9,18-19H,1-2H3. The quantitative estimate of drug-likeness (QED) is 0.807. The molecule has 0 amide bonds. The number of hydrogen-bond acceptors (Lipinski definition) is 6. The van der Waals surface area contributed by atoms with Crippen LogP contribution in [0.2, 0.25) is 0 Å². The molecule has 6 heteroatoms. The second-order valence-electron chi connectivity index (χ2n) is 3.85. The lowest BCUT2D eigenvalue weighted by Gasteiger charge is -2.13. The summed E-state index contributed by atoms with van der Waals surface area (Å²) < 4.78 is 5.16. The Bertz CT molecular complexity index is 641. The van der Waals surface area contributed by atoms with Gasteiger partial charge in [-0.2, -0.15) is 15.8 Å². The zero-order chi connectivity index (χ0) is 15.1. The zero-order valence-electron chi connectivity index (χ0n) is 11.0. The first-order chi connectivity index (χ1) is 9.57. The highest BCUT2D eigenvalue weighted by atomic mass is 16.5. The number of benzene rings is 1. The van der Waals surface area contributed by atoms with Crippen molar-refractivity contribution in [3.8, 4) is 24.0 Å². The number of aliphatic hydroxyl groups excluding tert-OH is 1. The molecule has 0 aliphatic heterocycles. The van der Waals surface area contributed by atoms with Gasteiger partial charge in [0.25, 0.3) is 0 Å². The summed E-state index contributed by atoms with van der Waals surface area (Å²) >= 11 is 0. The Labute approximate surface area is 116 Å². The van der Waals surface area contributed by atoms with Crippen LogP contribution >= 0.6 is 0 Å². The molecule has 2 N–H and O–H groups in total. The second kappa shape index (κ2) is 6.80. The van der Waals surface area contributed by atoms with E-state index in [0.717, 1.165) is 0 Å². The Morgan fingerprint density at radius 1 is 1.25 bits per heavy atom. The molecule has 0 spiro atoms. The van der Waals surface area contributed by atoms with E-state index in [0.29, 0.717) is 17.0 Å². The van der Waals surface area contributed by atoms with Gasteiger partial charge in [-0.05, 0) is 24.6 Å². The van der Waals surface area contributed by atoms with E-state index < -0.39 is 6.10 Å². The van der Waals surface area contributed by atoms with E-state index in [-0.39, 0.29) is 11.3 Å². The van der Waals surface area contributed by atoms with Gasteiger partial charge >= 0.3 is 0 Å². The molecular formula is C14H12N4O2. The second-order valence-corrected chi connectivity index (χ2v) is 3.85. The van der Waals surface area contributed by atoms with Gasteiger partial charge in [-0.25, -0.2) is 0 Å². The van der Waals surface area contributed by atoms with Crippen molar-refractivity contribution in [3.05, 3.63) is 35.0 Å². The van der Waals surface area contributed by atoms with Gasteiger partial charge in [-0.3, -0.25) is 0 Å². The van der Waals surface area contributed by atoms with E-state index in [9.17, 15) is 5.11 Å². The highest BCUT2D eigenvalue weighted by Crippen LogP contribution is 2.29. The van der Waals surface area contributed by atoms with Gasteiger partial charge in [-0.15, -0.1) is 0 Å². The fourth-order valence-corrected chi connectivity index (χ4v) is 1.49. The Morgan fingerprint density at radius 3 is 2.35 bits per heavy atom. The van der Waals surface area contributed by atoms with Crippen LogP contribution in [0.4, 0.5) is 5.69 Å². The third kappa shape index (κ3) is 3.26. The predicted octanol–water partition coefficient (Wildman–Crippen LogP) is 1.99. The summed E-state index contributed by atoms with van der Waals surface area (Å²) in [6.07, 6.45) is -0.655. The Morgan fingerprint density at radius 2 is 1.90 bits per heavy atom. The summed E-state index contributed by atoms with van der Waals surface area (Å²) in [7, 11) is 1.44. The number of hydrogen-bond donors (Lipinski definition) is 2. The summed E-state index contributed by atoms with van der Waals surface area (Å²) in [5, 5.41) is 38.7. The minimum Gasteiger partial charge on any atom is -0.495 e. The molecule has 1 aromatic rings. The number of aliphatic hydroxyl groups is 1. The number of methoxy groups -OCH3 is 1. The van der Waals surface area contributed by atoms with Gasteiger partial charge in [-0.1, -0.05) is 6.07 Å². The molecule has 1 rings (SSSR count). The Hall–Kier alpha value is -3.01. The molecule has 0 fully saturated rings.